The third kappa shape index (κ3) is 7.79. The van der Waals surface area contributed by atoms with Crippen molar-refractivity contribution in [3.8, 4) is 5.75 Å². The minimum absolute atomic E-state index is 0. The van der Waals surface area contributed by atoms with Crippen molar-refractivity contribution in [2.45, 2.75) is 33.6 Å². The number of carbonyl (C=O) groups excluding carboxylic acids is 2. The van der Waals surface area contributed by atoms with Crippen molar-refractivity contribution in [3.05, 3.63) is 29.8 Å². The summed E-state index contributed by atoms with van der Waals surface area (Å²) in [6, 6.07) is 7.08. The molecule has 1 aromatic rings. The average molecular weight is 357 g/mol. The molecule has 2 N–H and O–H groups in total. The summed E-state index contributed by atoms with van der Waals surface area (Å²) in [5.41, 5.74) is 6.24. The Balaban J connectivity index is 0.00000529. The summed E-state index contributed by atoms with van der Waals surface area (Å²) >= 11 is 0. The zero-order valence-electron chi connectivity index (χ0n) is 15.0. The van der Waals surface area contributed by atoms with Gasteiger partial charge in [0.15, 0.2) is 5.78 Å². The van der Waals surface area contributed by atoms with Gasteiger partial charge in [-0.3, -0.25) is 9.59 Å². The highest BCUT2D eigenvalue weighted by Crippen LogP contribution is 2.16. The van der Waals surface area contributed by atoms with Crippen molar-refractivity contribution in [2.24, 2.45) is 11.1 Å². The molecule has 0 fully saturated rings. The monoisotopic (exact) mass is 356 g/mol. The van der Waals surface area contributed by atoms with Crippen LogP contribution in [0.5, 0.6) is 5.75 Å². The highest BCUT2D eigenvalue weighted by atomic mass is 35.5. The number of ketones is 1. The second kappa shape index (κ2) is 10.3. The Bertz CT molecular complexity index is 547. The molecule has 1 rings (SSSR count). The van der Waals surface area contributed by atoms with E-state index in [1.54, 1.807) is 30.1 Å². The van der Waals surface area contributed by atoms with Crippen LogP contribution in [0.3, 0.4) is 0 Å². The van der Waals surface area contributed by atoms with Gasteiger partial charge < -0.3 is 15.4 Å². The van der Waals surface area contributed by atoms with Crippen molar-refractivity contribution >= 4 is 24.1 Å². The number of nitrogens with two attached hydrogens (primary N) is 1. The van der Waals surface area contributed by atoms with E-state index in [0.717, 1.165) is 0 Å². The van der Waals surface area contributed by atoms with Gasteiger partial charge in [-0.1, -0.05) is 26.0 Å². The molecule has 0 atom stereocenters. The molecule has 0 unspecified atom stereocenters. The number of nitrogens with zero attached hydrogens (tertiary/aromatic N) is 1. The van der Waals surface area contributed by atoms with Crippen LogP contribution < -0.4 is 10.5 Å². The fraction of sp³-hybridized carbons (Fsp3) is 0.556. The summed E-state index contributed by atoms with van der Waals surface area (Å²) in [6.07, 6.45) is 1.07. The van der Waals surface area contributed by atoms with Crippen LogP contribution in [0.25, 0.3) is 0 Å². The van der Waals surface area contributed by atoms with Crippen molar-refractivity contribution in [1.82, 2.24) is 4.90 Å². The molecule has 1 aromatic carbocycles. The van der Waals surface area contributed by atoms with Gasteiger partial charge in [0.2, 0.25) is 5.91 Å². The van der Waals surface area contributed by atoms with Crippen LogP contribution in [0.1, 0.15) is 44.0 Å². The molecule has 0 radical (unpaired) electrons. The Morgan fingerprint density at radius 2 is 1.96 bits per heavy atom. The van der Waals surface area contributed by atoms with Crippen molar-refractivity contribution in [1.29, 1.82) is 0 Å². The van der Waals surface area contributed by atoms with Crippen molar-refractivity contribution in [3.63, 3.8) is 0 Å². The number of carbonyl (C=O) groups is 2. The third-order valence-electron chi connectivity index (χ3n) is 3.69. The van der Waals surface area contributed by atoms with Crippen LogP contribution in [0.15, 0.2) is 24.3 Å². The molecule has 1 amide bonds. The summed E-state index contributed by atoms with van der Waals surface area (Å²) in [4.78, 5) is 25.1. The normalized spacial score (nSPS) is 10.7. The van der Waals surface area contributed by atoms with Gasteiger partial charge in [0.25, 0.3) is 0 Å². The molecule has 5 nitrogen and oxygen atoms in total. The molecule has 0 aliphatic rings. The average Bonchev–Trinajstić information content (AvgIpc) is 2.51. The van der Waals surface area contributed by atoms with Crippen LogP contribution >= 0.6 is 12.4 Å². The molecule has 24 heavy (non-hydrogen) atoms. The highest BCUT2D eigenvalue weighted by molar-refractivity contribution is 5.94. The summed E-state index contributed by atoms with van der Waals surface area (Å²) in [7, 11) is 1.80. The Morgan fingerprint density at radius 1 is 1.29 bits per heavy atom. The maximum Gasteiger partial charge on any atom is 0.222 e. The molecule has 6 heteroatoms. The maximum absolute atomic E-state index is 12.1. The Kier molecular flexibility index (Phi) is 9.63. The first-order valence-electron chi connectivity index (χ1n) is 7.93. The Labute approximate surface area is 151 Å². The van der Waals surface area contributed by atoms with Gasteiger partial charge in [-0.25, -0.2) is 0 Å². The highest BCUT2D eigenvalue weighted by Gasteiger charge is 2.20. The lowest BCUT2D eigenvalue weighted by Crippen LogP contribution is -2.39. The van der Waals surface area contributed by atoms with Crippen LogP contribution in [0.2, 0.25) is 0 Å². The van der Waals surface area contributed by atoms with E-state index >= 15 is 0 Å². The van der Waals surface area contributed by atoms with Crippen LogP contribution in [0.4, 0.5) is 0 Å². The topological polar surface area (TPSA) is 72.6 Å². The lowest BCUT2D eigenvalue weighted by atomic mass is 9.93. The standard InChI is InChI=1S/C18H28N2O3.ClH/c1-14(21)15-7-5-8-16(11-15)23-10-6-9-17(22)20(4)13-18(2,3)12-19;/h5,7-8,11H,6,9-10,12-13,19H2,1-4H3;1H. The first-order chi connectivity index (χ1) is 10.7. The Morgan fingerprint density at radius 3 is 2.54 bits per heavy atom. The summed E-state index contributed by atoms with van der Waals surface area (Å²) in [5.74, 6) is 0.755. The van der Waals surface area contributed by atoms with Gasteiger partial charge in [0, 0.05) is 25.6 Å². The zero-order chi connectivity index (χ0) is 17.5. The number of Topliss-reactive ketones (excluding diaryl/α,β-unsaturated/α-hetero) is 1. The summed E-state index contributed by atoms with van der Waals surface area (Å²) < 4.78 is 5.61. The zero-order valence-corrected chi connectivity index (χ0v) is 15.8. The fourth-order valence-electron chi connectivity index (χ4n) is 2.20. The van der Waals surface area contributed by atoms with Crippen LogP contribution in [-0.4, -0.2) is 43.3 Å². The predicted molar refractivity (Wildman–Crippen MR) is 98.9 cm³/mol. The molecular formula is C18H29ClN2O3. The SMILES string of the molecule is CC(=O)c1cccc(OCCCC(=O)N(C)CC(C)(C)CN)c1.Cl. The number of halogens is 1. The van der Waals surface area contributed by atoms with Gasteiger partial charge in [-0.2, -0.15) is 0 Å². The number of hydrogen-bond acceptors (Lipinski definition) is 4. The van der Waals surface area contributed by atoms with E-state index in [2.05, 4.69) is 0 Å². The first kappa shape index (κ1) is 22.4. The van der Waals surface area contributed by atoms with Gasteiger partial charge in [0.05, 0.1) is 6.61 Å². The van der Waals surface area contributed by atoms with Crippen molar-refractivity contribution in [2.75, 3.05) is 26.7 Å². The maximum atomic E-state index is 12.1. The van der Waals surface area contributed by atoms with Gasteiger partial charge in [-0.05, 0) is 37.4 Å². The van der Waals surface area contributed by atoms with Gasteiger partial charge in [-0.15, -0.1) is 12.4 Å². The lowest BCUT2D eigenvalue weighted by molar-refractivity contribution is -0.131. The van der Waals surface area contributed by atoms with E-state index in [1.165, 1.54) is 6.92 Å². The van der Waals surface area contributed by atoms with E-state index in [4.69, 9.17) is 10.5 Å². The van der Waals surface area contributed by atoms with E-state index in [0.29, 0.717) is 43.9 Å². The first-order valence-corrected chi connectivity index (χ1v) is 7.93. The molecule has 0 aliphatic carbocycles. The second-order valence-corrected chi connectivity index (χ2v) is 6.65. The molecular weight excluding hydrogens is 328 g/mol. The number of benzene rings is 1. The van der Waals surface area contributed by atoms with Gasteiger partial charge >= 0.3 is 0 Å². The third-order valence-corrected chi connectivity index (χ3v) is 3.69. The van der Waals surface area contributed by atoms with E-state index in [1.807, 2.05) is 19.9 Å². The largest absolute Gasteiger partial charge is 0.494 e. The van der Waals surface area contributed by atoms with Crippen LogP contribution in [0, 0.1) is 5.41 Å². The van der Waals surface area contributed by atoms with E-state index in [9.17, 15) is 9.59 Å². The minimum atomic E-state index is -0.0754. The molecule has 0 aliphatic heterocycles. The fourth-order valence-corrected chi connectivity index (χ4v) is 2.20. The number of amides is 1. The molecule has 0 spiro atoms. The molecule has 0 aromatic heterocycles. The van der Waals surface area contributed by atoms with Crippen LogP contribution in [-0.2, 0) is 4.79 Å². The Hall–Kier alpha value is -1.59. The molecule has 0 heterocycles. The van der Waals surface area contributed by atoms with Gasteiger partial charge in [0.1, 0.15) is 5.75 Å². The second-order valence-electron chi connectivity index (χ2n) is 6.65. The smallest absolute Gasteiger partial charge is 0.222 e. The summed E-state index contributed by atoms with van der Waals surface area (Å²) in [5, 5.41) is 0. The van der Waals surface area contributed by atoms with E-state index in [-0.39, 0.29) is 29.5 Å². The molecule has 0 bridgehead atoms. The predicted octanol–water partition coefficient (Wildman–Crippen LogP) is 2.91. The summed E-state index contributed by atoms with van der Waals surface area (Å²) in [6.45, 7) is 7.24. The molecule has 136 valence electrons. The number of rotatable bonds is 9. The van der Waals surface area contributed by atoms with E-state index < -0.39 is 0 Å². The minimum Gasteiger partial charge on any atom is -0.494 e. The number of hydrogen-bond donors (Lipinski definition) is 1. The van der Waals surface area contributed by atoms with Crippen molar-refractivity contribution < 1.29 is 14.3 Å². The lowest BCUT2D eigenvalue weighted by Gasteiger charge is -2.29. The molecule has 0 saturated heterocycles. The molecule has 0 saturated carbocycles. The quantitative estimate of drug-likeness (QED) is 0.545. The number of ether oxygens (including phenoxy) is 1.